The molecule has 0 aromatic heterocycles. The predicted octanol–water partition coefficient (Wildman–Crippen LogP) is 1.65. The Morgan fingerprint density at radius 2 is 1.92 bits per heavy atom. The number of carbonyl (C=O) groups is 1. The summed E-state index contributed by atoms with van der Waals surface area (Å²) >= 11 is 0. The minimum Gasteiger partial charge on any atom is -0.479 e. The fraction of sp³-hybridized carbons (Fsp3) is 0.900. The third-order valence-corrected chi connectivity index (χ3v) is 2.98. The third-order valence-electron chi connectivity index (χ3n) is 2.98. The summed E-state index contributed by atoms with van der Waals surface area (Å²) in [4.78, 5) is 10.4. The number of aliphatic hydroxyl groups excluding tert-OH is 1. The fourth-order valence-electron chi connectivity index (χ4n) is 1.98. The molecule has 1 aliphatic rings. The van der Waals surface area contributed by atoms with Gasteiger partial charge in [0.25, 0.3) is 0 Å². The van der Waals surface area contributed by atoms with Crippen LogP contribution in [0.3, 0.4) is 0 Å². The van der Waals surface area contributed by atoms with E-state index in [1.165, 1.54) is 12.8 Å². The molecule has 0 bridgehead atoms. The molecule has 1 saturated carbocycles. The first-order chi connectivity index (χ1) is 6.09. The lowest BCUT2D eigenvalue weighted by Gasteiger charge is -2.26. The molecule has 0 aliphatic heterocycles. The molecule has 0 amide bonds. The molecule has 0 radical (unpaired) electrons. The zero-order valence-corrected chi connectivity index (χ0v) is 8.07. The van der Waals surface area contributed by atoms with Gasteiger partial charge in [-0.15, -0.1) is 0 Å². The molecule has 2 N–H and O–H groups in total. The monoisotopic (exact) mass is 186 g/mol. The van der Waals surface area contributed by atoms with Crippen LogP contribution in [0.5, 0.6) is 0 Å². The van der Waals surface area contributed by atoms with Gasteiger partial charge in [-0.1, -0.05) is 32.6 Å². The molecule has 3 nitrogen and oxygen atoms in total. The molecule has 1 atom stereocenters. The number of carboxylic acids is 1. The number of hydrogen-bond donors (Lipinski definition) is 2. The van der Waals surface area contributed by atoms with E-state index in [9.17, 15) is 4.79 Å². The van der Waals surface area contributed by atoms with Gasteiger partial charge in [-0.25, -0.2) is 4.79 Å². The van der Waals surface area contributed by atoms with Crippen LogP contribution in [-0.4, -0.2) is 22.3 Å². The second-order valence-corrected chi connectivity index (χ2v) is 4.22. The molecule has 0 saturated heterocycles. The van der Waals surface area contributed by atoms with Crippen LogP contribution in [0.4, 0.5) is 0 Å². The average Bonchev–Trinajstić information content (AvgIpc) is 2.08. The summed E-state index contributed by atoms with van der Waals surface area (Å²) in [5.41, 5.74) is 0. The molecule has 1 fully saturated rings. The highest BCUT2D eigenvalue weighted by atomic mass is 16.4. The van der Waals surface area contributed by atoms with Gasteiger partial charge >= 0.3 is 5.97 Å². The first-order valence-electron chi connectivity index (χ1n) is 5.00. The highest BCUT2D eigenvalue weighted by Crippen LogP contribution is 2.30. The van der Waals surface area contributed by atoms with Crippen LogP contribution in [0.1, 0.15) is 39.0 Å². The molecule has 1 unspecified atom stereocenters. The van der Waals surface area contributed by atoms with Crippen LogP contribution in [0, 0.1) is 11.8 Å². The maximum absolute atomic E-state index is 10.4. The van der Waals surface area contributed by atoms with E-state index in [4.69, 9.17) is 10.2 Å². The van der Waals surface area contributed by atoms with Crippen molar-refractivity contribution in [1.82, 2.24) is 0 Å². The normalized spacial score (nSPS) is 31.2. The van der Waals surface area contributed by atoms with E-state index in [0.717, 1.165) is 18.8 Å². The quantitative estimate of drug-likeness (QED) is 0.704. The van der Waals surface area contributed by atoms with E-state index >= 15 is 0 Å². The van der Waals surface area contributed by atoms with E-state index in [1.807, 2.05) is 0 Å². The van der Waals surface area contributed by atoms with Gasteiger partial charge in [0.1, 0.15) is 0 Å². The second kappa shape index (κ2) is 4.61. The van der Waals surface area contributed by atoms with Crippen LogP contribution in [0.15, 0.2) is 0 Å². The summed E-state index contributed by atoms with van der Waals surface area (Å²) in [5, 5.41) is 17.7. The number of carboxylic acid groups (broad SMARTS) is 1. The Labute approximate surface area is 78.8 Å². The molecule has 0 spiro atoms. The first-order valence-corrected chi connectivity index (χ1v) is 5.00. The fourth-order valence-corrected chi connectivity index (χ4v) is 1.98. The van der Waals surface area contributed by atoms with Gasteiger partial charge in [-0.3, -0.25) is 0 Å². The Morgan fingerprint density at radius 3 is 2.38 bits per heavy atom. The van der Waals surface area contributed by atoms with Crippen LogP contribution in [0.25, 0.3) is 0 Å². The number of aliphatic carboxylic acids is 1. The van der Waals surface area contributed by atoms with E-state index < -0.39 is 12.1 Å². The largest absolute Gasteiger partial charge is 0.479 e. The molecule has 76 valence electrons. The molecule has 3 heteroatoms. The van der Waals surface area contributed by atoms with Gasteiger partial charge in [0.15, 0.2) is 6.10 Å². The highest BCUT2D eigenvalue weighted by molar-refractivity contribution is 5.71. The molecule has 1 rings (SSSR count). The summed E-state index contributed by atoms with van der Waals surface area (Å²) in [5.74, 6) is 0.110. The van der Waals surface area contributed by atoms with Crippen molar-refractivity contribution in [1.29, 1.82) is 0 Å². The van der Waals surface area contributed by atoms with Crippen LogP contribution >= 0.6 is 0 Å². The Kier molecular flexibility index (Phi) is 3.72. The Bertz CT molecular complexity index is 171. The molecule has 0 aromatic carbocycles. The molecule has 1 aliphatic carbocycles. The minimum atomic E-state index is -1.15. The number of rotatable bonds is 3. The minimum absolute atomic E-state index is 0.419. The SMILES string of the molecule is CC1CCC(CC(O)C(=O)O)CC1. The van der Waals surface area contributed by atoms with Crippen LogP contribution in [-0.2, 0) is 4.79 Å². The van der Waals surface area contributed by atoms with Gasteiger partial charge in [-0.05, 0) is 18.3 Å². The van der Waals surface area contributed by atoms with Crippen LogP contribution < -0.4 is 0 Å². The second-order valence-electron chi connectivity index (χ2n) is 4.22. The van der Waals surface area contributed by atoms with E-state index in [0.29, 0.717) is 12.3 Å². The number of hydrogen-bond acceptors (Lipinski definition) is 2. The van der Waals surface area contributed by atoms with E-state index in [2.05, 4.69) is 6.92 Å². The molecular formula is C10H18O3. The van der Waals surface area contributed by atoms with Crippen molar-refractivity contribution in [2.45, 2.75) is 45.1 Å². The summed E-state index contributed by atoms with van der Waals surface area (Å²) in [7, 11) is 0. The van der Waals surface area contributed by atoms with Crippen molar-refractivity contribution in [3.05, 3.63) is 0 Å². The zero-order valence-electron chi connectivity index (χ0n) is 8.07. The summed E-state index contributed by atoms with van der Waals surface area (Å²) in [6.07, 6.45) is 3.78. The van der Waals surface area contributed by atoms with Crippen molar-refractivity contribution in [3.8, 4) is 0 Å². The van der Waals surface area contributed by atoms with Gasteiger partial charge < -0.3 is 10.2 Å². The maximum Gasteiger partial charge on any atom is 0.332 e. The zero-order chi connectivity index (χ0) is 9.84. The Balaban J connectivity index is 2.26. The topological polar surface area (TPSA) is 57.5 Å². The van der Waals surface area contributed by atoms with Crippen molar-refractivity contribution in [3.63, 3.8) is 0 Å². The smallest absolute Gasteiger partial charge is 0.332 e. The van der Waals surface area contributed by atoms with E-state index in [1.54, 1.807) is 0 Å². The standard InChI is InChI=1S/C10H18O3/c1-7-2-4-8(5-3-7)6-9(11)10(12)13/h7-9,11H,2-6H2,1H3,(H,12,13). The van der Waals surface area contributed by atoms with Crippen LogP contribution in [0.2, 0.25) is 0 Å². The van der Waals surface area contributed by atoms with Gasteiger partial charge in [0.05, 0.1) is 0 Å². The van der Waals surface area contributed by atoms with Gasteiger partial charge in [0.2, 0.25) is 0 Å². The lowest BCUT2D eigenvalue weighted by Crippen LogP contribution is -2.25. The lowest BCUT2D eigenvalue weighted by atomic mass is 9.80. The predicted molar refractivity (Wildman–Crippen MR) is 49.4 cm³/mol. The summed E-state index contributed by atoms with van der Waals surface area (Å²) in [6, 6.07) is 0. The van der Waals surface area contributed by atoms with Gasteiger partial charge in [0, 0.05) is 0 Å². The highest BCUT2D eigenvalue weighted by Gasteiger charge is 2.23. The van der Waals surface area contributed by atoms with Crippen molar-refractivity contribution >= 4 is 5.97 Å². The lowest BCUT2D eigenvalue weighted by molar-refractivity contribution is -0.147. The molecule has 0 heterocycles. The average molecular weight is 186 g/mol. The summed E-state index contributed by atoms with van der Waals surface area (Å²) < 4.78 is 0. The number of aliphatic hydroxyl groups is 1. The molecule has 13 heavy (non-hydrogen) atoms. The van der Waals surface area contributed by atoms with Crippen molar-refractivity contribution in [2.24, 2.45) is 11.8 Å². The maximum atomic E-state index is 10.4. The Morgan fingerprint density at radius 1 is 1.38 bits per heavy atom. The molecular weight excluding hydrogens is 168 g/mol. The van der Waals surface area contributed by atoms with Crippen molar-refractivity contribution < 1.29 is 15.0 Å². The third kappa shape index (κ3) is 3.35. The van der Waals surface area contributed by atoms with E-state index in [-0.39, 0.29) is 0 Å². The first kappa shape index (κ1) is 10.5. The van der Waals surface area contributed by atoms with Gasteiger partial charge in [-0.2, -0.15) is 0 Å². The Hall–Kier alpha value is -0.570. The summed E-state index contributed by atoms with van der Waals surface area (Å²) in [6.45, 7) is 2.23. The molecule has 0 aromatic rings. The van der Waals surface area contributed by atoms with Crippen molar-refractivity contribution in [2.75, 3.05) is 0 Å².